The zero-order valence-electron chi connectivity index (χ0n) is 9.48. The van der Waals surface area contributed by atoms with Crippen molar-refractivity contribution in [2.75, 3.05) is 0 Å². The van der Waals surface area contributed by atoms with Gasteiger partial charge in [0.15, 0.2) is 0 Å². The molecule has 0 aliphatic carbocycles. The van der Waals surface area contributed by atoms with Gasteiger partial charge in [0.1, 0.15) is 12.2 Å². The van der Waals surface area contributed by atoms with Crippen LogP contribution in [0.1, 0.15) is 5.82 Å². The van der Waals surface area contributed by atoms with Crippen molar-refractivity contribution in [3.8, 4) is 0 Å². The van der Waals surface area contributed by atoms with Crippen LogP contribution in [-0.2, 0) is 16.6 Å². The standard InChI is InChI=1S/C9H9N5O4S/c15-14(16)7-2-1-3-8(4-7)19(17,18)12-5-9-10-6-11-13-9/h1-4,6,12H,5H2,(H,10,11,13). The SMILES string of the molecule is O=[N+]([O-])c1cccc(S(=O)(=O)NCc2ncn[nH]2)c1. The second-order valence-electron chi connectivity index (χ2n) is 3.51. The quantitative estimate of drug-likeness (QED) is 0.595. The van der Waals surface area contributed by atoms with E-state index in [1.165, 1.54) is 24.5 Å². The van der Waals surface area contributed by atoms with E-state index >= 15 is 0 Å². The molecule has 0 spiro atoms. The molecule has 0 radical (unpaired) electrons. The smallest absolute Gasteiger partial charge is 0.262 e. The number of aromatic nitrogens is 3. The molecule has 1 heterocycles. The molecular weight excluding hydrogens is 274 g/mol. The van der Waals surface area contributed by atoms with Gasteiger partial charge in [-0.25, -0.2) is 18.1 Å². The number of hydrogen-bond donors (Lipinski definition) is 2. The van der Waals surface area contributed by atoms with E-state index in [1.807, 2.05) is 0 Å². The molecule has 0 aliphatic heterocycles. The molecule has 0 saturated carbocycles. The molecule has 1 aromatic heterocycles. The van der Waals surface area contributed by atoms with Crippen LogP contribution in [0.15, 0.2) is 35.5 Å². The van der Waals surface area contributed by atoms with Crippen LogP contribution in [-0.4, -0.2) is 28.5 Å². The van der Waals surface area contributed by atoms with Gasteiger partial charge in [-0.3, -0.25) is 15.2 Å². The number of nitrogens with one attached hydrogen (secondary N) is 2. The minimum absolute atomic E-state index is 0.0783. The molecule has 2 aromatic rings. The fourth-order valence-corrected chi connectivity index (χ4v) is 2.35. The first kappa shape index (κ1) is 13.1. The fraction of sp³-hybridized carbons (Fsp3) is 0.111. The summed E-state index contributed by atoms with van der Waals surface area (Å²) < 4.78 is 26.1. The number of non-ortho nitro benzene ring substituents is 1. The Hall–Kier alpha value is -2.33. The molecule has 0 bridgehead atoms. The predicted octanol–water partition coefficient (Wildman–Crippen LogP) is 0.191. The summed E-state index contributed by atoms with van der Waals surface area (Å²) in [5.74, 6) is 0.342. The molecule has 0 atom stereocenters. The lowest BCUT2D eigenvalue weighted by molar-refractivity contribution is -0.385. The lowest BCUT2D eigenvalue weighted by Crippen LogP contribution is -2.23. The highest BCUT2D eigenvalue weighted by molar-refractivity contribution is 7.89. The molecule has 0 aliphatic rings. The van der Waals surface area contributed by atoms with Gasteiger partial charge in [-0.2, -0.15) is 5.10 Å². The van der Waals surface area contributed by atoms with E-state index in [1.54, 1.807) is 0 Å². The van der Waals surface area contributed by atoms with Gasteiger partial charge >= 0.3 is 0 Å². The third-order valence-electron chi connectivity index (χ3n) is 2.23. The van der Waals surface area contributed by atoms with Gasteiger partial charge in [-0.15, -0.1) is 0 Å². The Labute approximate surface area is 107 Å². The lowest BCUT2D eigenvalue weighted by atomic mass is 10.3. The molecule has 2 rings (SSSR count). The number of benzene rings is 1. The van der Waals surface area contributed by atoms with Crippen molar-refractivity contribution in [1.29, 1.82) is 0 Å². The van der Waals surface area contributed by atoms with E-state index in [-0.39, 0.29) is 17.1 Å². The molecule has 2 N–H and O–H groups in total. The Balaban J connectivity index is 2.19. The van der Waals surface area contributed by atoms with Crippen LogP contribution in [0.5, 0.6) is 0 Å². The normalized spacial score (nSPS) is 11.4. The summed E-state index contributed by atoms with van der Waals surface area (Å²) in [6.45, 7) is -0.0783. The van der Waals surface area contributed by atoms with Crippen LogP contribution < -0.4 is 4.72 Å². The highest BCUT2D eigenvalue weighted by Gasteiger charge is 2.17. The second-order valence-corrected chi connectivity index (χ2v) is 5.28. The third kappa shape index (κ3) is 3.11. The van der Waals surface area contributed by atoms with Crippen LogP contribution in [0.3, 0.4) is 0 Å². The second kappa shape index (κ2) is 5.12. The van der Waals surface area contributed by atoms with Crippen molar-refractivity contribution in [2.45, 2.75) is 11.4 Å². The summed E-state index contributed by atoms with van der Waals surface area (Å²) in [5.41, 5.74) is -0.289. The van der Waals surface area contributed by atoms with Crippen molar-refractivity contribution in [3.63, 3.8) is 0 Å². The Bertz CT molecular complexity index is 682. The lowest BCUT2D eigenvalue weighted by Gasteiger charge is -2.04. The maximum Gasteiger partial charge on any atom is 0.270 e. The van der Waals surface area contributed by atoms with Crippen LogP contribution in [0.2, 0.25) is 0 Å². The largest absolute Gasteiger partial charge is 0.270 e. The minimum atomic E-state index is -3.83. The molecule has 0 amide bonds. The van der Waals surface area contributed by atoms with Gasteiger partial charge in [0, 0.05) is 12.1 Å². The Kier molecular flexibility index (Phi) is 3.53. The van der Waals surface area contributed by atoms with E-state index in [9.17, 15) is 18.5 Å². The van der Waals surface area contributed by atoms with Crippen LogP contribution >= 0.6 is 0 Å². The highest BCUT2D eigenvalue weighted by atomic mass is 32.2. The maximum absolute atomic E-state index is 11.9. The molecule has 10 heteroatoms. The van der Waals surface area contributed by atoms with E-state index < -0.39 is 14.9 Å². The molecule has 9 nitrogen and oxygen atoms in total. The molecule has 0 unspecified atom stereocenters. The summed E-state index contributed by atoms with van der Waals surface area (Å²) >= 11 is 0. The van der Waals surface area contributed by atoms with E-state index in [0.717, 1.165) is 6.07 Å². The van der Waals surface area contributed by atoms with E-state index in [2.05, 4.69) is 19.9 Å². The Morgan fingerprint density at radius 3 is 2.84 bits per heavy atom. The third-order valence-corrected chi connectivity index (χ3v) is 3.63. The molecule has 19 heavy (non-hydrogen) atoms. The number of H-pyrrole nitrogens is 1. The topological polar surface area (TPSA) is 131 Å². The number of hydrogen-bond acceptors (Lipinski definition) is 6. The molecule has 0 fully saturated rings. The number of nitro groups is 1. The van der Waals surface area contributed by atoms with Crippen molar-refractivity contribution in [2.24, 2.45) is 0 Å². The summed E-state index contributed by atoms with van der Waals surface area (Å²) in [5, 5.41) is 16.7. The van der Waals surface area contributed by atoms with Crippen molar-refractivity contribution >= 4 is 15.7 Å². The van der Waals surface area contributed by atoms with Gasteiger partial charge in [-0.05, 0) is 6.07 Å². The summed E-state index contributed by atoms with van der Waals surface area (Å²) in [6, 6.07) is 4.79. The molecule has 100 valence electrons. The fourth-order valence-electron chi connectivity index (χ4n) is 1.33. The number of sulfonamides is 1. The van der Waals surface area contributed by atoms with Crippen LogP contribution in [0, 0.1) is 10.1 Å². The first-order chi connectivity index (χ1) is 8.99. The number of rotatable bonds is 5. The Morgan fingerprint density at radius 2 is 2.21 bits per heavy atom. The number of nitro benzene ring substituents is 1. The number of nitrogens with zero attached hydrogens (tertiary/aromatic N) is 3. The molecule has 0 saturated heterocycles. The first-order valence-electron chi connectivity index (χ1n) is 5.07. The minimum Gasteiger partial charge on any atom is -0.262 e. The maximum atomic E-state index is 11.9. The van der Waals surface area contributed by atoms with E-state index in [0.29, 0.717) is 5.82 Å². The first-order valence-corrected chi connectivity index (χ1v) is 6.56. The van der Waals surface area contributed by atoms with E-state index in [4.69, 9.17) is 0 Å². The van der Waals surface area contributed by atoms with Gasteiger partial charge in [0.2, 0.25) is 10.0 Å². The van der Waals surface area contributed by atoms with Gasteiger partial charge < -0.3 is 0 Å². The zero-order chi connectivity index (χ0) is 13.9. The van der Waals surface area contributed by atoms with Crippen LogP contribution in [0.25, 0.3) is 0 Å². The highest BCUT2D eigenvalue weighted by Crippen LogP contribution is 2.17. The van der Waals surface area contributed by atoms with Crippen LogP contribution in [0.4, 0.5) is 5.69 Å². The predicted molar refractivity (Wildman–Crippen MR) is 63.5 cm³/mol. The monoisotopic (exact) mass is 283 g/mol. The van der Waals surface area contributed by atoms with Crippen molar-refractivity contribution in [3.05, 3.63) is 46.5 Å². The summed E-state index contributed by atoms with van der Waals surface area (Å²) in [6.07, 6.45) is 1.25. The summed E-state index contributed by atoms with van der Waals surface area (Å²) in [4.78, 5) is 13.5. The van der Waals surface area contributed by atoms with Crippen molar-refractivity contribution < 1.29 is 13.3 Å². The average molecular weight is 283 g/mol. The average Bonchev–Trinajstić information content (AvgIpc) is 2.90. The summed E-state index contributed by atoms with van der Waals surface area (Å²) in [7, 11) is -3.83. The molecular formula is C9H9N5O4S. The zero-order valence-corrected chi connectivity index (χ0v) is 10.3. The molecule has 1 aromatic carbocycles. The number of aromatic amines is 1. The van der Waals surface area contributed by atoms with Gasteiger partial charge in [0.25, 0.3) is 5.69 Å². The van der Waals surface area contributed by atoms with Gasteiger partial charge in [0.05, 0.1) is 16.4 Å². The van der Waals surface area contributed by atoms with Crippen molar-refractivity contribution in [1.82, 2.24) is 19.9 Å². The van der Waals surface area contributed by atoms with Gasteiger partial charge in [-0.1, -0.05) is 6.07 Å². The Morgan fingerprint density at radius 1 is 1.42 bits per heavy atom.